The predicted molar refractivity (Wildman–Crippen MR) is 100 cm³/mol. The second-order valence-electron chi connectivity index (χ2n) is 6.59. The molecule has 25 heavy (non-hydrogen) atoms. The summed E-state index contributed by atoms with van der Waals surface area (Å²) < 4.78 is 0. The van der Waals surface area contributed by atoms with E-state index in [1.165, 1.54) is 28.3 Å². The lowest BCUT2D eigenvalue weighted by Crippen LogP contribution is -1.97. The van der Waals surface area contributed by atoms with E-state index in [0.717, 1.165) is 24.0 Å². The number of hydrogen-bond acceptors (Lipinski definition) is 3. The Kier molecular flexibility index (Phi) is 3.94. The van der Waals surface area contributed by atoms with Gasteiger partial charge in [-0.15, -0.1) is 0 Å². The van der Waals surface area contributed by atoms with Crippen molar-refractivity contribution >= 4 is 17.2 Å². The van der Waals surface area contributed by atoms with Gasteiger partial charge in [-0.2, -0.15) is 0 Å². The number of aliphatic hydroxyl groups is 1. The first kappa shape index (κ1) is 15.7. The van der Waals surface area contributed by atoms with Gasteiger partial charge in [0.2, 0.25) is 0 Å². The lowest BCUT2D eigenvalue weighted by molar-refractivity contribution is 0.283. The first-order valence-electron chi connectivity index (χ1n) is 8.51. The number of phenolic OH excluding ortho intramolecular Hbond substituents is 2. The molecule has 0 amide bonds. The van der Waals surface area contributed by atoms with Crippen molar-refractivity contribution in [3.8, 4) is 11.5 Å². The van der Waals surface area contributed by atoms with Crippen LogP contribution in [0.15, 0.2) is 54.6 Å². The Morgan fingerprint density at radius 3 is 2.52 bits per heavy atom. The maximum atomic E-state index is 9.68. The van der Waals surface area contributed by atoms with Gasteiger partial charge in [0.25, 0.3) is 0 Å². The van der Waals surface area contributed by atoms with E-state index in [0.29, 0.717) is 5.92 Å². The normalized spacial score (nSPS) is 18.2. The molecule has 1 atom stereocenters. The van der Waals surface area contributed by atoms with Crippen molar-refractivity contribution in [1.29, 1.82) is 0 Å². The van der Waals surface area contributed by atoms with Crippen molar-refractivity contribution in [3.05, 3.63) is 76.9 Å². The molecule has 3 N–H and O–H groups in total. The van der Waals surface area contributed by atoms with Gasteiger partial charge in [-0.05, 0) is 64.4 Å². The van der Waals surface area contributed by atoms with Crippen molar-refractivity contribution in [1.82, 2.24) is 0 Å². The Morgan fingerprint density at radius 1 is 0.960 bits per heavy atom. The highest BCUT2D eigenvalue weighted by molar-refractivity contribution is 5.90. The monoisotopic (exact) mass is 332 g/mol. The Morgan fingerprint density at radius 2 is 1.76 bits per heavy atom. The average Bonchev–Trinajstić information content (AvgIpc) is 3.21. The molecule has 126 valence electrons. The molecule has 2 aromatic carbocycles. The molecule has 0 bridgehead atoms. The summed E-state index contributed by atoms with van der Waals surface area (Å²) in [6.45, 7) is 0.200. The van der Waals surface area contributed by atoms with E-state index in [4.69, 9.17) is 0 Å². The molecule has 0 radical (unpaired) electrons. The summed E-state index contributed by atoms with van der Waals surface area (Å²) in [6.07, 6.45) is 10.1. The molecule has 0 fully saturated rings. The number of rotatable bonds is 4. The van der Waals surface area contributed by atoms with Crippen LogP contribution in [0.4, 0.5) is 0 Å². The van der Waals surface area contributed by atoms with Crippen LogP contribution in [0.1, 0.15) is 41.0 Å². The van der Waals surface area contributed by atoms with E-state index >= 15 is 0 Å². The molecule has 0 saturated carbocycles. The van der Waals surface area contributed by atoms with Crippen LogP contribution in [-0.2, 0) is 0 Å². The fourth-order valence-corrected chi connectivity index (χ4v) is 3.66. The van der Waals surface area contributed by atoms with Crippen molar-refractivity contribution in [2.45, 2.75) is 18.8 Å². The minimum Gasteiger partial charge on any atom is -0.508 e. The Labute approximate surface area is 146 Å². The van der Waals surface area contributed by atoms with Crippen LogP contribution in [0.25, 0.3) is 17.2 Å². The Balaban J connectivity index is 1.61. The SMILES string of the molecule is OCCC1C=Cc2cc(C3=CC(c4cc(O)cc(O)c4)=CC3)ccc21. The van der Waals surface area contributed by atoms with E-state index in [1.54, 1.807) is 12.1 Å². The zero-order valence-corrected chi connectivity index (χ0v) is 13.8. The third kappa shape index (κ3) is 2.99. The minimum absolute atomic E-state index is 0.0651. The fourth-order valence-electron chi connectivity index (χ4n) is 3.66. The molecule has 0 spiro atoms. The summed E-state index contributed by atoms with van der Waals surface area (Å²) in [6, 6.07) is 11.2. The molecule has 3 nitrogen and oxygen atoms in total. The molecule has 2 aliphatic rings. The molecule has 1 unspecified atom stereocenters. The molecule has 0 heterocycles. The predicted octanol–water partition coefficient (Wildman–Crippen LogP) is 4.46. The number of hydrogen-bond donors (Lipinski definition) is 3. The van der Waals surface area contributed by atoms with Gasteiger partial charge in [-0.3, -0.25) is 0 Å². The fraction of sp³-hybridized carbons (Fsp3) is 0.182. The zero-order chi connectivity index (χ0) is 17.4. The Bertz CT molecular complexity index is 899. The molecule has 3 heteroatoms. The minimum atomic E-state index is 0.0651. The number of fused-ring (bicyclic) bond motifs is 1. The number of phenols is 2. The van der Waals surface area contributed by atoms with Crippen LogP contribution in [-0.4, -0.2) is 21.9 Å². The van der Waals surface area contributed by atoms with Crippen LogP contribution in [0.5, 0.6) is 11.5 Å². The second-order valence-corrected chi connectivity index (χ2v) is 6.59. The molecule has 4 rings (SSSR count). The van der Waals surface area contributed by atoms with Crippen molar-refractivity contribution in [3.63, 3.8) is 0 Å². The quantitative estimate of drug-likeness (QED) is 0.774. The first-order chi connectivity index (χ1) is 12.1. The molecular weight excluding hydrogens is 312 g/mol. The van der Waals surface area contributed by atoms with E-state index < -0.39 is 0 Å². The summed E-state index contributed by atoms with van der Waals surface area (Å²) in [5.41, 5.74) is 6.73. The van der Waals surface area contributed by atoms with Gasteiger partial charge < -0.3 is 15.3 Å². The van der Waals surface area contributed by atoms with Crippen molar-refractivity contribution in [2.75, 3.05) is 6.61 Å². The molecule has 2 aromatic rings. The van der Waals surface area contributed by atoms with E-state index in [-0.39, 0.29) is 18.1 Å². The van der Waals surface area contributed by atoms with Crippen LogP contribution in [0.2, 0.25) is 0 Å². The van der Waals surface area contributed by atoms with Crippen LogP contribution < -0.4 is 0 Å². The van der Waals surface area contributed by atoms with Crippen LogP contribution in [0, 0.1) is 0 Å². The third-order valence-electron chi connectivity index (χ3n) is 4.91. The largest absolute Gasteiger partial charge is 0.508 e. The standard InChI is InChI=1S/C22H20O3/c23-8-7-14-1-4-18-10-16(5-6-22(14)18)15-2-3-17(9-15)19-11-20(24)13-21(25)12-19/h1,3-6,9-14,23-25H,2,7-8H2. The first-order valence-corrected chi connectivity index (χ1v) is 8.51. The molecule has 2 aliphatic carbocycles. The van der Waals surface area contributed by atoms with Crippen molar-refractivity contribution in [2.24, 2.45) is 0 Å². The lowest BCUT2D eigenvalue weighted by Gasteiger charge is -2.11. The summed E-state index contributed by atoms with van der Waals surface area (Å²) in [4.78, 5) is 0. The van der Waals surface area contributed by atoms with E-state index in [2.05, 4.69) is 42.5 Å². The van der Waals surface area contributed by atoms with Crippen LogP contribution >= 0.6 is 0 Å². The molecule has 0 aromatic heterocycles. The summed E-state index contributed by atoms with van der Waals surface area (Å²) in [7, 11) is 0. The average molecular weight is 332 g/mol. The van der Waals surface area contributed by atoms with E-state index in [9.17, 15) is 15.3 Å². The van der Waals surface area contributed by atoms with Gasteiger partial charge in [0.1, 0.15) is 11.5 Å². The number of aromatic hydroxyl groups is 2. The highest BCUT2D eigenvalue weighted by atomic mass is 16.3. The summed E-state index contributed by atoms with van der Waals surface area (Å²) in [5, 5.41) is 28.5. The smallest absolute Gasteiger partial charge is 0.119 e. The van der Waals surface area contributed by atoms with Gasteiger partial charge in [0.15, 0.2) is 0 Å². The summed E-state index contributed by atoms with van der Waals surface area (Å²) >= 11 is 0. The van der Waals surface area contributed by atoms with Gasteiger partial charge in [0.05, 0.1) is 0 Å². The highest BCUT2D eigenvalue weighted by Gasteiger charge is 2.18. The maximum Gasteiger partial charge on any atom is 0.119 e. The molecule has 0 aliphatic heterocycles. The maximum absolute atomic E-state index is 9.68. The molecular formula is C22H20O3. The Hall–Kier alpha value is -2.78. The van der Waals surface area contributed by atoms with E-state index in [1.807, 2.05) is 0 Å². The third-order valence-corrected chi connectivity index (χ3v) is 4.91. The number of allylic oxidation sites excluding steroid dienone is 5. The summed E-state index contributed by atoms with van der Waals surface area (Å²) in [5.74, 6) is 0.446. The van der Waals surface area contributed by atoms with Crippen LogP contribution in [0.3, 0.4) is 0 Å². The van der Waals surface area contributed by atoms with Gasteiger partial charge >= 0.3 is 0 Å². The second kappa shape index (κ2) is 6.26. The molecule has 0 saturated heterocycles. The van der Waals surface area contributed by atoms with Gasteiger partial charge in [-0.1, -0.05) is 36.4 Å². The van der Waals surface area contributed by atoms with Crippen molar-refractivity contribution < 1.29 is 15.3 Å². The van der Waals surface area contributed by atoms with Gasteiger partial charge in [-0.25, -0.2) is 0 Å². The highest BCUT2D eigenvalue weighted by Crippen LogP contribution is 2.38. The number of benzene rings is 2. The zero-order valence-electron chi connectivity index (χ0n) is 13.8. The number of aliphatic hydroxyl groups excluding tert-OH is 1. The van der Waals surface area contributed by atoms with Gasteiger partial charge in [0, 0.05) is 18.6 Å². The topological polar surface area (TPSA) is 60.7 Å². The lowest BCUT2D eigenvalue weighted by atomic mass is 9.94.